The van der Waals surface area contributed by atoms with Crippen LogP contribution in [0, 0.1) is 13.8 Å². The Labute approximate surface area is 226 Å². The molecule has 1 aliphatic carbocycles. The van der Waals surface area contributed by atoms with Crippen LogP contribution in [0.2, 0.25) is 0 Å². The highest BCUT2D eigenvalue weighted by atomic mass is 32.2. The van der Waals surface area contributed by atoms with Gasteiger partial charge in [0.2, 0.25) is 11.8 Å². The van der Waals surface area contributed by atoms with E-state index in [0.29, 0.717) is 18.4 Å². The summed E-state index contributed by atoms with van der Waals surface area (Å²) in [6.45, 7) is 3.01. The fourth-order valence-corrected chi connectivity index (χ4v) is 6.32. The quantitative estimate of drug-likeness (QED) is 0.351. The van der Waals surface area contributed by atoms with Crippen LogP contribution in [0.5, 0.6) is 0 Å². The van der Waals surface area contributed by atoms with E-state index in [0.717, 1.165) is 22.8 Å². The predicted octanol–water partition coefficient (Wildman–Crippen LogP) is 4.15. The Bertz CT molecular complexity index is 1810. The minimum atomic E-state index is -4.68. The molecular weight excluding hydrogens is 549 g/mol. The summed E-state index contributed by atoms with van der Waals surface area (Å²) in [5.74, 6) is -1.00. The van der Waals surface area contributed by atoms with Crippen molar-refractivity contribution >= 4 is 15.7 Å². The molecule has 0 aliphatic heterocycles. The predicted molar refractivity (Wildman–Crippen MR) is 138 cm³/mol. The van der Waals surface area contributed by atoms with Crippen molar-refractivity contribution in [3.63, 3.8) is 0 Å². The summed E-state index contributed by atoms with van der Waals surface area (Å²) < 4.78 is 72.2. The summed E-state index contributed by atoms with van der Waals surface area (Å²) in [4.78, 5) is 26.6. The molecule has 4 aromatic rings. The average Bonchev–Trinajstić information content (AvgIpc) is 3.66. The Kier molecular flexibility index (Phi) is 6.65. The van der Waals surface area contributed by atoms with Crippen molar-refractivity contribution in [2.45, 2.75) is 49.4 Å². The topological polar surface area (TPSA) is 138 Å². The molecule has 0 radical (unpaired) electrons. The fourth-order valence-electron chi connectivity index (χ4n) is 4.66. The Balaban J connectivity index is 1.72. The number of pyridine rings is 1. The van der Waals surface area contributed by atoms with Gasteiger partial charge in [-0.2, -0.15) is 13.2 Å². The van der Waals surface area contributed by atoms with Crippen molar-refractivity contribution in [2.24, 2.45) is 5.73 Å². The van der Waals surface area contributed by atoms with Crippen LogP contribution in [0.3, 0.4) is 0 Å². The van der Waals surface area contributed by atoms with Crippen LogP contribution in [-0.4, -0.2) is 34.3 Å². The number of aryl methyl sites for hydroxylation is 1. The van der Waals surface area contributed by atoms with Crippen LogP contribution >= 0.6 is 0 Å². The van der Waals surface area contributed by atoms with Crippen molar-refractivity contribution in [2.75, 3.05) is 0 Å². The lowest BCUT2D eigenvalue weighted by atomic mass is 9.93. The van der Waals surface area contributed by atoms with Crippen molar-refractivity contribution in [1.29, 1.82) is 0 Å². The lowest BCUT2D eigenvalue weighted by molar-refractivity contribution is -0.137. The highest BCUT2D eigenvalue weighted by molar-refractivity contribution is 7.92. The molecule has 9 nitrogen and oxygen atoms in total. The molecule has 2 aromatic heterocycles. The first-order valence-corrected chi connectivity index (χ1v) is 13.7. The average molecular weight is 573 g/mol. The van der Waals surface area contributed by atoms with Gasteiger partial charge >= 0.3 is 6.18 Å². The van der Waals surface area contributed by atoms with E-state index >= 15 is 0 Å². The second kappa shape index (κ2) is 9.73. The van der Waals surface area contributed by atoms with Crippen LogP contribution in [-0.2, 0) is 22.4 Å². The van der Waals surface area contributed by atoms with Gasteiger partial charge in [0.1, 0.15) is 5.56 Å². The van der Waals surface area contributed by atoms with Gasteiger partial charge in [-0.3, -0.25) is 14.2 Å². The first-order chi connectivity index (χ1) is 18.8. The number of primary amides is 1. The second-order valence-electron chi connectivity index (χ2n) is 9.56. The van der Waals surface area contributed by atoms with Crippen LogP contribution < -0.4 is 11.3 Å². The molecule has 208 valence electrons. The number of alkyl halides is 3. The number of nitrogens with zero attached hydrogens (tertiary/aromatic N) is 3. The lowest BCUT2D eigenvalue weighted by Gasteiger charge is -2.20. The number of halogens is 3. The monoisotopic (exact) mass is 572 g/mol. The molecule has 2 N–H and O–H groups in total. The van der Waals surface area contributed by atoms with Gasteiger partial charge in [-0.15, -0.1) is 10.2 Å². The first kappa shape index (κ1) is 27.3. The lowest BCUT2D eigenvalue weighted by Crippen LogP contribution is -2.33. The number of rotatable bonds is 7. The molecule has 0 unspecified atom stereocenters. The van der Waals surface area contributed by atoms with Gasteiger partial charge < -0.3 is 10.2 Å². The number of carbonyl (C=O) groups excluding carboxylic acids is 1. The highest BCUT2D eigenvalue weighted by Crippen LogP contribution is 2.35. The Morgan fingerprint density at radius 2 is 1.77 bits per heavy atom. The summed E-state index contributed by atoms with van der Waals surface area (Å²) in [7, 11) is -3.43. The van der Waals surface area contributed by atoms with Crippen molar-refractivity contribution in [1.82, 2.24) is 14.8 Å². The Morgan fingerprint density at radius 1 is 1.10 bits per heavy atom. The van der Waals surface area contributed by atoms with Gasteiger partial charge in [0.25, 0.3) is 11.5 Å². The van der Waals surface area contributed by atoms with Gasteiger partial charge in [-0.1, -0.05) is 18.2 Å². The number of hydrogen-bond donors (Lipinski definition) is 1. The zero-order chi connectivity index (χ0) is 29.0. The van der Waals surface area contributed by atoms with Gasteiger partial charge in [0, 0.05) is 18.3 Å². The molecule has 0 saturated heterocycles. The summed E-state index contributed by atoms with van der Waals surface area (Å²) in [6, 6.07) is 10.2. The van der Waals surface area contributed by atoms with Crippen molar-refractivity contribution in [3.05, 3.63) is 92.7 Å². The molecule has 5 rings (SSSR count). The Hall–Kier alpha value is -4.26. The van der Waals surface area contributed by atoms with E-state index in [1.165, 1.54) is 32.0 Å². The molecule has 2 aromatic carbocycles. The molecule has 13 heteroatoms. The van der Waals surface area contributed by atoms with Crippen LogP contribution in [0.15, 0.2) is 62.6 Å². The van der Waals surface area contributed by atoms with Gasteiger partial charge in [-0.25, -0.2) is 8.42 Å². The summed E-state index contributed by atoms with van der Waals surface area (Å²) in [5, 5.41) is 7.46. The molecule has 1 aliphatic rings. The third-order valence-corrected chi connectivity index (χ3v) is 9.01. The maximum Gasteiger partial charge on any atom is 0.416 e. The molecule has 0 bridgehead atoms. The molecule has 0 spiro atoms. The van der Waals surface area contributed by atoms with Crippen LogP contribution in [0.25, 0.3) is 17.1 Å². The van der Waals surface area contributed by atoms with Gasteiger partial charge in [0.15, 0.2) is 9.84 Å². The standard InChI is InChI=1S/C27H23F3N4O5S/c1-14-22(25-33-32-15(2)39-25)21(12-16-6-8-19(9-7-16)40(37,38)20-10-11-20)23(24(31)35)26(36)34(14)18-5-3-4-17(13-18)27(28,29)30/h3-9,13,20H,10-12H2,1-2H3,(H2,31,35). The minimum Gasteiger partial charge on any atom is -0.421 e. The first-order valence-electron chi connectivity index (χ1n) is 12.2. The normalized spacial score (nSPS) is 13.9. The zero-order valence-electron chi connectivity index (χ0n) is 21.3. The number of nitrogens with two attached hydrogens (primary N) is 1. The van der Waals surface area contributed by atoms with E-state index in [2.05, 4.69) is 10.2 Å². The number of aromatic nitrogens is 3. The molecular formula is C27H23F3N4O5S. The van der Waals surface area contributed by atoms with E-state index in [4.69, 9.17) is 10.2 Å². The number of hydrogen-bond acceptors (Lipinski definition) is 7. The second-order valence-corrected chi connectivity index (χ2v) is 11.8. The maximum atomic E-state index is 13.7. The number of amides is 1. The molecule has 2 heterocycles. The smallest absolute Gasteiger partial charge is 0.416 e. The molecule has 1 amide bonds. The largest absolute Gasteiger partial charge is 0.421 e. The van der Waals surface area contributed by atoms with Gasteiger partial charge in [0.05, 0.1) is 21.3 Å². The summed E-state index contributed by atoms with van der Waals surface area (Å²) >= 11 is 0. The summed E-state index contributed by atoms with van der Waals surface area (Å²) in [5.41, 5.74) is 4.10. The van der Waals surface area contributed by atoms with E-state index in [9.17, 15) is 31.2 Å². The number of benzene rings is 2. The zero-order valence-corrected chi connectivity index (χ0v) is 22.1. The molecule has 1 fully saturated rings. The summed E-state index contributed by atoms with van der Waals surface area (Å²) in [6.07, 6.45) is -3.51. The number of carbonyl (C=O) groups is 1. The SMILES string of the molecule is Cc1nnc(-c2c(Cc3ccc(S(=O)(=O)C4CC4)cc3)c(C(N)=O)c(=O)n(-c3cccc(C(F)(F)F)c3)c2C)o1. The highest BCUT2D eigenvalue weighted by Gasteiger charge is 2.37. The third kappa shape index (κ3) is 4.92. The van der Waals surface area contributed by atoms with E-state index in [1.807, 2.05) is 0 Å². The van der Waals surface area contributed by atoms with E-state index in [-0.39, 0.29) is 45.6 Å². The van der Waals surface area contributed by atoms with Crippen LogP contribution in [0.1, 0.15) is 51.5 Å². The van der Waals surface area contributed by atoms with Crippen LogP contribution in [0.4, 0.5) is 13.2 Å². The fraction of sp³-hybridized carbons (Fsp3) is 0.259. The Morgan fingerprint density at radius 3 is 2.33 bits per heavy atom. The van der Waals surface area contributed by atoms with Gasteiger partial charge in [-0.05, 0) is 67.6 Å². The molecule has 0 atom stereocenters. The van der Waals surface area contributed by atoms with E-state index in [1.54, 1.807) is 12.1 Å². The van der Waals surface area contributed by atoms with Crippen molar-refractivity contribution in [3.8, 4) is 17.1 Å². The number of sulfone groups is 1. The molecule has 40 heavy (non-hydrogen) atoms. The molecule has 1 saturated carbocycles. The maximum absolute atomic E-state index is 13.7. The van der Waals surface area contributed by atoms with Crippen molar-refractivity contribution < 1.29 is 30.8 Å². The van der Waals surface area contributed by atoms with E-state index < -0.39 is 43.9 Å². The minimum absolute atomic E-state index is 0.0572. The third-order valence-electron chi connectivity index (χ3n) is 6.73.